The Morgan fingerprint density at radius 1 is 1.09 bits per heavy atom. The predicted octanol–water partition coefficient (Wildman–Crippen LogP) is 4.15. The molecule has 0 aliphatic carbocycles. The summed E-state index contributed by atoms with van der Waals surface area (Å²) in [6.45, 7) is 11.2. The molecule has 0 radical (unpaired) electrons. The van der Waals surface area contributed by atoms with E-state index in [2.05, 4.69) is 39.9 Å². The number of aromatic nitrogens is 2. The maximum atomic E-state index is 4.73. The number of para-hydroxylation sites is 2. The number of hydrogen-bond donors (Lipinski definition) is 1. The Bertz CT molecular complexity index is 586. The summed E-state index contributed by atoms with van der Waals surface area (Å²) in [7, 11) is 0. The highest BCUT2D eigenvalue weighted by Gasteiger charge is 2.29. The van der Waals surface area contributed by atoms with Crippen molar-refractivity contribution in [3.05, 3.63) is 24.3 Å². The third-order valence-corrected chi connectivity index (χ3v) is 5.11. The number of nitrogens with one attached hydrogen (secondary N) is 1. The van der Waals surface area contributed by atoms with Gasteiger partial charge in [-0.25, -0.2) is 4.98 Å². The van der Waals surface area contributed by atoms with Crippen LogP contribution in [0.4, 0.5) is 5.95 Å². The fraction of sp³-hybridized carbons (Fsp3) is 0.632. The van der Waals surface area contributed by atoms with Crippen LogP contribution in [-0.2, 0) is 0 Å². The molecule has 128 valence electrons. The van der Waals surface area contributed by atoms with E-state index in [-0.39, 0.29) is 1.43 Å². The molecule has 1 N–H and O–H groups in total. The Morgan fingerprint density at radius 2 is 1.83 bits per heavy atom. The molecule has 1 aromatic heterocycles. The molecule has 2 aromatic rings. The van der Waals surface area contributed by atoms with Crippen LogP contribution in [-0.4, -0.2) is 47.1 Å². The van der Waals surface area contributed by atoms with Gasteiger partial charge in [0.15, 0.2) is 0 Å². The van der Waals surface area contributed by atoms with Crippen LogP contribution in [0, 0.1) is 5.92 Å². The first-order valence-electron chi connectivity index (χ1n) is 9.23. The lowest BCUT2D eigenvalue weighted by Crippen LogP contribution is -2.44. The molecule has 1 unspecified atom stereocenters. The van der Waals surface area contributed by atoms with E-state index in [0.717, 1.165) is 42.0 Å². The maximum absolute atomic E-state index is 4.73. The van der Waals surface area contributed by atoms with Crippen molar-refractivity contribution in [2.45, 2.75) is 46.1 Å². The third kappa shape index (κ3) is 3.52. The Morgan fingerprint density at radius 3 is 2.48 bits per heavy atom. The molecule has 2 aliphatic rings. The fourth-order valence-corrected chi connectivity index (χ4v) is 3.83. The molecule has 1 atom stereocenters. The minimum Gasteiger partial charge on any atom is -0.342 e. The van der Waals surface area contributed by atoms with Crippen molar-refractivity contribution in [1.82, 2.24) is 14.9 Å². The lowest BCUT2D eigenvalue weighted by atomic mass is 10.0. The van der Waals surface area contributed by atoms with Crippen molar-refractivity contribution >= 4 is 17.0 Å². The Hall–Kier alpha value is -1.55. The van der Waals surface area contributed by atoms with E-state index in [1.807, 2.05) is 19.9 Å². The summed E-state index contributed by atoms with van der Waals surface area (Å²) in [5.74, 6) is 1.93. The Labute approximate surface area is 141 Å². The lowest BCUT2D eigenvalue weighted by Gasteiger charge is -2.36. The number of imidazole rings is 1. The van der Waals surface area contributed by atoms with Crippen molar-refractivity contribution in [3.8, 4) is 0 Å². The topological polar surface area (TPSA) is 35.2 Å². The second kappa shape index (κ2) is 7.35. The van der Waals surface area contributed by atoms with Crippen molar-refractivity contribution in [3.63, 3.8) is 0 Å². The summed E-state index contributed by atoms with van der Waals surface area (Å²) in [6.07, 6.45) is 3.91. The van der Waals surface area contributed by atoms with Crippen LogP contribution < -0.4 is 4.90 Å². The highest BCUT2D eigenvalue weighted by Crippen LogP contribution is 2.26. The molecule has 3 heterocycles. The molecule has 0 saturated carbocycles. The van der Waals surface area contributed by atoms with E-state index >= 15 is 0 Å². The first-order valence-corrected chi connectivity index (χ1v) is 9.23. The molecule has 2 fully saturated rings. The number of piperidine rings is 1. The van der Waals surface area contributed by atoms with Crippen LogP contribution in [0.2, 0.25) is 0 Å². The summed E-state index contributed by atoms with van der Waals surface area (Å²) in [4.78, 5) is 13.3. The zero-order valence-electron chi connectivity index (χ0n) is 14.8. The minimum atomic E-state index is 0. The summed E-state index contributed by atoms with van der Waals surface area (Å²) in [5, 5.41) is 0. The molecule has 2 saturated heterocycles. The van der Waals surface area contributed by atoms with Crippen LogP contribution in [0.5, 0.6) is 0 Å². The summed E-state index contributed by atoms with van der Waals surface area (Å²) >= 11 is 0. The van der Waals surface area contributed by atoms with Gasteiger partial charge in [-0.05, 0) is 43.9 Å². The molecule has 0 amide bonds. The molecule has 1 aromatic carbocycles. The number of aromatic amines is 1. The van der Waals surface area contributed by atoms with Crippen molar-refractivity contribution in [2.75, 3.05) is 31.1 Å². The number of fused-ring (bicyclic) bond motifs is 1. The molecule has 4 rings (SSSR count). The first kappa shape index (κ1) is 16.3. The number of nitrogens with zero attached hydrogens (tertiary/aromatic N) is 3. The molecular formula is C19H32N4. The molecule has 4 nitrogen and oxygen atoms in total. The fourth-order valence-electron chi connectivity index (χ4n) is 3.83. The largest absolute Gasteiger partial charge is 0.342 e. The minimum absolute atomic E-state index is 0. The van der Waals surface area contributed by atoms with Crippen LogP contribution in [0.1, 0.15) is 41.5 Å². The highest BCUT2D eigenvalue weighted by atomic mass is 15.3. The number of H-pyrrole nitrogens is 1. The van der Waals surface area contributed by atoms with Crippen molar-refractivity contribution in [1.29, 1.82) is 0 Å². The van der Waals surface area contributed by atoms with Crippen LogP contribution in [0.15, 0.2) is 24.3 Å². The SMILES string of the molecule is CC.CC1CCN(C2CCN(c3nc4ccccc4[nH]3)CC2)C1.[HH]. The third-order valence-electron chi connectivity index (χ3n) is 5.11. The zero-order chi connectivity index (χ0) is 16.2. The standard InChI is InChI=1S/C17H24N4.C2H6.H2/c1-13-6-9-21(12-13)14-7-10-20(11-8-14)17-18-15-4-2-3-5-16(15)19-17;1-2;/h2-5,13-14H,6-12H2,1H3,(H,18,19);1-2H3;1H. The van der Waals surface area contributed by atoms with Crippen LogP contribution in [0.25, 0.3) is 11.0 Å². The summed E-state index contributed by atoms with van der Waals surface area (Å²) in [6, 6.07) is 9.08. The molecule has 0 bridgehead atoms. The summed E-state index contributed by atoms with van der Waals surface area (Å²) in [5.41, 5.74) is 2.21. The monoisotopic (exact) mass is 316 g/mol. The summed E-state index contributed by atoms with van der Waals surface area (Å²) < 4.78 is 0. The van der Waals surface area contributed by atoms with Crippen LogP contribution >= 0.6 is 0 Å². The average Bonchev–Trinajstić information content (AvgIpc) is 3.23. The van der Waals surface area contributed by atoms with Gasteiger partial charge in [0.2, 0.25) is 5.95 Å². The number of hydrogen-bond acceptors (Lipinski definition) is 3. The smallest absolute Gasteiger partial charge is 0.203 e. The molecule has 2 aliphatic heterocycles. The van der Waals surface area contributed by atoms with Crippen LogP contribution in [0.3, 0.4) is 0 Å². The second-order valence-electron chi connectivity index (χ2n) is 6.68. The van der Waals surface area contributed by atoms with Gasteiger partial charge in [0.25, 0.3) is 0 Å². The van der Waals surface area contributed by atoms with Crippen molar-refractivity contribution in [2.24, 2.45) is 5.92 Å². The van der Waals surface area contributed by atoms with Crippen molar-refractivity contribution < 1.29 is 1.43 Å². The van der Waals surface area contributed by atoms with Gasteiger partial charge < -0.3 is 9.88 Å². The van der Waals surface area contributed by atoms with Gasteiger partial charge in [-0.1, -0.05) is 32.9 Å². The van der Waals surface area contributed by atoms with E-state index in [0.29, 0.717) is 0 Å². The van der Waals surface area contributed by atoms with Gasteiger partial charge in [0.1, 0.15) is 0 Å². The first-order chi connectivity index (χ1) is 11.3. The van der Waals surface area contributed by atoms with Gasteiger partial charge in [-0.2, -0.15) is 0 Å². The van der Waals surface area contributed by atoms with Gasteiger partial charge >= 0.3 is 0 Å². The number of likely N-dealkylation sites (tertiary alicyclic amines) is 1. The maximum Gasteiger partial charge on any atom is 0.203 e. The normalized spacial score (nSPS) is 23.1. The Balaban J connectivity index is 0.000000670. The number of benzene rings is 1. The highest BCUT2D eigenvalue weighted by molar-refractivity contribution is 5.77. The number of anilines is 1. The molecular weight excluding hydrogens is 284 g/mol. The second-order valence-corrected chi connectivity index (χ2v) is 6.68. The van der Waals surface area contributed by atoms with E-state index in [4.69, 9.17) is 4.98 Å². The van der Waals surface area contributed by atoms with E-state index in [1.165, 1.54) is 32.4 Å². The van der Waals surface area contributed by atoms with E-state index in [9.17, 15) is 0 Å². The van der Waals surface area contributed by atoms with E-state index in [1.54, 1.807) is 0 Å². The Kier molecular flexibility index (Phi) is 5.21. The molecule has 4 heteroatoms. The average molecular weight is 316 g/mol. The van der Waals surface area contributed by atoms with Gasteiger partial charge in [-0.15, -0.1) is 0 Å². The zero-order valence-corrected chi connectivity index (χ0v) is 14.8. The molecule has 0 spiro atoms. The van der Waals surface area contributed by atoms with Gasteiger partial charge in [0.05, 0.1) is 11.0 Å². The van der Waals surface area contributed by atoms with E-state index < -0.39 is 0 Å². The number of rotatable bonds is 2. The van der Waals surface area contributed by atoms with Gasteiger partial charge in [0, 0.05) is 27.1 Å². The van der Waals surface area contributed by atoms with Gasteiger partial charge in [-0.3, -0.25) is 4.90 Å². The molecule has 23 heavy (non-hydrogen) atoms. The predicted molar refractivity (Wildman–Crippen MR) is 100 cm³/mol. The lowest BCUT2D eigenvalue weighted by molar-refractivity contribution is 0.202. The quantitative estimate of drug-likeness (QED) is 0.904.